The number of hydrazine groups is 1. The zero-order valence-corrected chi connectivity index (χ0v) is 12.0. The second-order valence-electron chi connectivity index (χ2n) is 4.08. The van der Waals surface area contributed by atoms with Crippen molar-refractivity contribution in [2.45, 2.75) is 0 Å². The van der Waals surface area contributed by atoms with E-state index in [0.717, 1.165) is 6.07 Å². The third kappa shape index (κ3) is 4.06. The Morgan fingerprint density at radius 3 is 2.36 bits per heavy atom. The maximum Gasteiger partial charge on any atom is 0.269 e. The fraction of sp³-hybridized carbons (Fsp3) is 0. The summed E-state index contributed by atoms with van der Waals surface area (Å²) in [5, 5.41) is 2.10. The van der Waals surface area contributed by atoms with Crippen LogP contribution in [0.5, 0.6) is 0 Å². The third-order valence-corrected chi connectivity index (χ3v) is 2.78. The highest BCUT2D eigenvalue weighted by Gasteiger charge is 2.12. The molecule has 8 heteroatoms. The molecule has 0 radical (unpaired) electrons. The Balaban J connectivity index is 1.87. The highest BCUT2D eigenvalue weighted by atomic mass is 32.1. The van der Waals surface area contributed by atoms with E-state index in [2.05, 4.69) is 21.2 Å². The van der Waals surface area contributed by atoms with Crippen LogP contribution < -0.4 is 16.2 Å². The number of rotatable bonds is 2. The van der Waals surface area contributed by atoms with Gasteiger partial charge in [0.15, 0.2) is 5.11 Å². The maximum absolute atomic E-state index is 13.4. The van der Waals surface area contributed by atoms with Gasteiger partial charge < -0.3 is 0 Å². The summed E-state index contributed by atoms with van der Waals surface area (Å²) < 4.78 is 13.4. The summed E-state index contributed by atoms with van der Waals surface area (Å²) >= 11 is 4.85. The molecule has 2 aromatic rings. The van der Waals surface area contributed by atoms with Crippen molar-refractivity contribution in [2.24, 2.45) is 0 Å². The van der Waals surface area contributed by atoms with Gasteiger partial charge in [0.1, 0.15) is 5.82 Å². The van der Waals surface area contributed by atoms with Gasteiger partial charge in [-0.25, -0.2) is 4.39 Å². The highest BCUT2D eigenvalue weighted by molar-refractivity contribution is 7.80. The van der Waals surface area contributed by atoms with Crippen molar-refractivity contribution < 1.29 is 14.0 Å². The van der Waals surface area contributed by atoms with Crippen molar-refractivity contribution in [1.29, 1.82) is 0 Å². The SMILES string of the molecule is O=C(NNC(=S)NC(=O)c1ccccc1F)c1ccncc1. The second-order valence-corrected chi connectivity index (χ2v) is 4.49. The Labute approximate surface area is 130 Å². The van der Waals surface area contributed by atoms with E-state index >= 15 is 0 Å². The van der Waals surface area contributed by atoms with Crippen LogP contribution in [0.15, 0.2) is 48.8 Å². The fourth-order valence-electron chi connectivity index (χ4n) is 1.54. The minimum atomic E-state index is -0.714. The number of thiocarbonyl (C=S) groups is 1. The molecule has 0 bridgehead atoms. The van der Waals surface area contributed by atoms with Crippen LogP contribution in [-0.2, 0) is 0 Å². The molecule has 1 aromatic carbocycles. The van der Waals surface area contributed by atoms with Crippen LogP contribution in [0.1, 0.15) is 20.7 Å². The number of halogens is 1. The van der Waals surface area contributed by atoms with Gasteiger partial charge in [-0.05, 0) is 36.5 Å². The van der Waals surface area contributed by atoms with Crippen LogP contribution in [0.25, 0.3) is 0 Å². The van der Waals surface area contributed by atoms with Crippen molar-refractivity contribution in [1.82, 2.24) is 21.2 Å². The second kappa shape index (κ2) is 7.23. The topological polar surface area (TPSA) is 83.1 Å². The van der Waals surface area contributed by atoms with Gasteiger partial charge in [0.05, 0.1) is 5.56 Å². The van der Waals surface area contributed by atoms with Crippen LogP contribution in [0.2, 0.25) is 0 Å². The van der Waals surface area contributed by atoms with Crippen molar-refractivity contribution in [3.63, 3.8) is 0 Å². The van der Waals surface area contributed by atoms with E-state index < -0.39 is 17.6 Å². The summed E-state index contributed by atoms with van der Waals surface area (Å²) in [5.74, 6) is -1.83. The Morgan fingerprint density at radius 1 is 1.00 bits per heavy atom. The van der Waals surface area contributed by atoms with E-state index in [9.17, 15) is 14.0 Å². The standard InChI is InChI=1S/C14H11FN4O2S/c15-11-4-2-1-3-10(11)13(21)17-14(22)19-18-12(20)9-5-7-16-8-6-9/h1-8H,(H,18,20)(H2,17,19,21,22). The molecule has 0 fully saturated rings. The normalized spacial score (nSPS) is 9.68. The summed E-state index contributed by atoms with van der Waals surface area (Å²) in [6.45, 7) is 0. The van der Waals surface area contributed by atoms with Crippen molar-refractivity contribution in [3.8, 4) is 0 Å². The molecule has 2 rings (SSSR count). The summed E-state index contributed by atoms with van der Waals surface area (Å²) in [5.41, 5.74) is 4.88. The lowest BCUT2D eigenvalue weighted by molar-refractivity contribution is 0.0933. The van der Waals surface area contributed by atoms with Crippen molar-refractivity contribution in [3.05, 3.63) is 65.7 Å². The maximum atomic E-state index is 13.4. The molecule has 3 N–H and O–H groups in total. The molecule has 0 spiro atoms. The van der Waals surface area contributed by atoms with E-state index in [1.165, 1.54) is 42.7 Å². The third-order valence-electron chi connectivity index (χ3n) is 2.58. The minimum absolute atomic E-state index is 0.146. The van der Waals surface area contributed by atoms with Crippen LogP contribution in [0, 0.1) is 5.82 Å². The highest BCUT2D eigenvalue weighted by Crippen LogP contribution is 2.05. The molecule has 6 nitrogen and oxygen atoms in total. The predicted molar refractivity (Wildman–Crippen MR) is 81.3 cm³/mol. The van der Waals surface area contributed by atoms with Crippen LogP contribution in [0.4, 0.5) is 4.39 Å². The zero-order chi connectivity index (χ0) is 15.9. The Morgan fingerprint density at radius 2 is 1.68 bits per heavy atom. The number of benzene rings is 1. The Hall–Kier alpha value is -2.87. The quantitative estimate of drug-likeness (QED) is 0.572. The largest absolute Gasteiger partial charge is 0.298 e. The molecular formula is C14H11FN4O2S. The number of pyridine rings is 1. The average Bonchev–Trinajstić information content (AvgIpc) is 2.53. The molecule has 0 aliphatic rings. The number of nitrogens with one attached hydrogen (secondary N) is 3. The van der Waals surface area contributed by atoms with Crippen molar-refractivity contribution >= 4 is 29.1 Å². The lowest BCUT2D eigenvalue weighted by atomic mass is 10.2. The summed E-state index contributed by atoms with van der Waals surface area (Å²) in [4.78, 5) is 27.3. The van der Waals surface area contributed by atoms with Crippen molar-refractivity contribution in [2.75, 3.05) is 0 Å². The number of aromatic nitrogens is 1. The molecule has 0 atom stereocenters. The monoisotopic (exact) mass is 318 g/mol. The number of carbonyl (C=O) groups excluding carboxylic acids is 2. The van der Waals surface area contributed by atoms with Gasteiger partial charge in [-0.1, -0.05) is 12.1 Å². The first-order chi connectivity index (χ1) is 10.6. The molecule has 0 aliphatic heterocycles. The smallest absolute Gasteiger partial charge is 0.269 e. The number of nitrogens with zero attached hydrogens (tertiary/aromatic N) is 1. The first-order valence-electron chi connectivity index (χ1n) is 6.14. The van der Waals surface area contributed by atoms with Gasteiger partial charge in [-0.3, -0.25) is 30.7 Å². The van der Waals surface area contributed by atoms with E-state index in [1.54, 1.807) is 0 Å². The fourth-order valence-corrected chi connectivity index (χ4v) is 1.68. The first kappa shape index (κ1) is 15.5. The van der Waals surface area contributed by atoms with E-state index in [4.69, 9.17) is 12.2 Å². The van der Waals surface area contributed by atoms with E-state index in [1.807, 2.05) is 0 Å². The lowest BCUT2D eigenvalue weighted by Crippen LogP contribution is -2.48. The Kier molecular flexibility index (Phi) is 5.10. The van der Waals surface area contributed by atoms with Gasteiger partial charge in [0, 0.05) is 18.0 Å². The first-order valence-corrected chi connectivity index (χ1v) is 6.55. The van der Waals surface area contributed by atoms with Gasteiger partial charge in [-0.15, -0.1) is 0 Å². The Bertz CT molecular complexity index is 709. The molecule has 112 valence electrons. The van der Waals surface area contributed by atoms with Crippen LogP contribution in [0.3, 0.4) is 0 Å². The molecule has 1 heterocycles. The predicted octanol–water partition coefficient (Wildman–Crippen LogP) is 1.17. The van der Waals surface area contributed by atoms with Gasteiger partial charge in [-0.2, -0.15) is 0 Å². The molecule has 0 saturated carbocycles. The zero-order valence-electron chi connectivity index (χ0n) is 11.2. The summed E-state index contributed by atoms with van der Waals surface area (Å²) in [7, 11) is 0. The summed E-state index contributed by atoms with van der Waals surface area (Å²) in [6, 6.07) is 8.51. The van der Waals surface area contributed by atoms with Gasteiger partial charge in [0.2, 0.25) is 0 Å². The summed E-state index contributed by atoms with van der Waals surface area (Å²) in [6.07, 6.45) is 2.93. The molecule has 0 saturated heterocycles. The van der Waals surface area contributed by atoms with Gasteiger partial charge >= 0.3 is 0 Å². The molecule has 0 unspecified atom stereocenters. The number of carbonyl (C=O) groups is 2. The molecule has 1 aromatic heterocycles. The van der Waals surface area contributed by atoms with Crippen LogP contribution in [-0.4, -0.2) is 21.9 Å². The van der Waals surface area contributed by atoms with Crippen LogP contribution >= 0.6 is 12.2 Å². The number of hydrogen-bond acceptors (Lipinski definition) is 4. The van der Waals surface area contributed by atoms with Gasteiger partial charge in [0.25, 0.3) is 11.8 Å². The van der Waals surface area contributed by atoms with E-state index in [0.29, 0.717) is 5.56 Å². The molecular weight excluding hydrogens is 307 g/mol. The minimum Gasteiger partial charge on any atom is -0.298 e. The molecule has 22 heavy (non-hydrogen) atoms. The lowest BCUT2D eigenvalue weighted by Gasteiger charge is -2.11. The number of amides is 2. The molecule has 2 amide bonds. The average molecular weight is 318 g/mol. The number of hydrogen-bond donors (Lipinski definition) is 3. The van der Waals surface area contributed by atoms with E-state index in [-0.39, 0.29) is 10.7 Å². The molecule has 0 aliphatic carbocycles.